The highest BCUT2D eigenvalue weighted by Crippen LogP contribution is 2.62. The molecule has 0 saturated heterocycles. The van der Waals surface area contributed by atoms with Crippen LogP contribution < -0.4 is 0 Å². The Bertz CT molecular complexity index is 2020. The predicted octanol–water partition coefficient (Wildman–Crippen LogP) is 4.13. The summed E-state index contributed by atoms with van der Waals surface area (Å²) >= 11 is 0. The number of rotatable bonds is 6. The smallest absolute Gasteiger partial charge is 0.310 e. The molecule has 0 heterocycles. The van der Waals surface area contributed by atoms with Gasteiger partial charge >= 0.3 is 5.97 Å². The van der Waals surface area contributed by atoms with Gasteiger partial charge in [-0.25, -0.2) is 0 Å². The van der Waals surface area contributed by atoms with E-state index in [9.17, 15) is 44.1 Å². The first-order valence-corrected chi connectivity index (χ1v) is 17.3. The standard InChI is InChI=1S/C41H40O10/c1-18(2)33-36(46)30(20(4)42)38(48)41(50)39(49)32-29(37(47)40(33,41)5)19(3)22-15-14-21(34(44)31(22)35(32)45)16-28(43)51-17-27-25-12-8-6-10-23(25)24-11-7-9-13-26(24)27/h6-15,18-19,27,29-30,32-33,37,44,47,50H,16-17H2,1-5H3/t19-,29+,30?,32?,33?,37-,40+,41+/m1/s1. The molecule has 2 fully saturated rings. The molecular weight excluding hydrogens is 652 g/mol. The quantitative estimate of drug-likeness (QED) is 0.252. The molecule has 3 N–H and O–H groups in total. The third-order valence-electron chi connectivity index (χ3n) is 12.3. The molecule has 10 heteroatoms. The Kier molecular flexibility index (Phi) is 8.07. The highest BCUT2D eigenvalue weighted by atomic mass is 16.5. The Hall–Kier alpha value is -4.80. The molecule has 2 saturated carbocycles. The Balaban J connectivity index is 1.20. The van der Waals surface area contributed by atoms with Crippen LogP contribution in [0.2, 0.25) is 0 Å². The molecule has 0 amide bonds. The monoisotopic (exact) mass is 692 g/mol. The molecule has 4 aliphatic rings. The van der Waals surface area contributed by atoms with E-state index < -0.39 is 93.3 Å². The van der Waals surface area contributed by atoms with Crippen molar-refractivity contribution in [2.24, 2.45) is 35.0 Å². The van der Waals surface area contributed by atoms with Crippen LogP contribution in [0.1, 0.15) is 79.1 Å². The number of aromatic hydroxyl groups is 1. The number of phenols is 1. The van der Waals surface area contributed by atoms with Crippen LogP contribution in [0.25, 0.3) is 11.1 Å². The second kappa shape index (κ2) is 11.9. The third kappa shape index (κ3) is 4.55. The zero-order chi connectivity index (χ0) is 36.9. The second-order valence-corrected chi connectivity index (χ2v) is 15.2. The summed E-state index contributed by atoms with van der Waals surface area (Å²) in [5, 5.41) is 35.7. The summed E-state index contributed by atoms with van der Waals surface area (Å²) in [6.45, 7) is 7.34. The lowest BCUT2D eigenvalue weighted by Crippen LogP contribution is -2.79. The first-order chi connectivity index (χ1) is 24.1. The van der Waals surface area contributed by atoms with Crippen LogP contribution in [-0.2, 0) is 35.1 Å². The number of hydrogen-bond acceptors (Lipinski definition) is 10. The summed E-state index contributed by atoms with van der Waals surface area (Å²) in [5.74, 6) is -13.9. The molecule has 51 heavy (non-hydrogen) atoms. The van der Waals surface area contributed by atoms with Gasteiger partial charge in [-0.15, -0.1) is 0 Å². The SMILES string of the molecule is CC(=O)C1C(=O)C(C(C)C)[C@@]2(C)[C@H](O)[C@@H]3C(C(=O)c4c(ccc(CC(=O)OCC5c6ccccc6-c6ccccc65)c4O)[C@H]3C)C(=O)[C@@]2(O)C1=O. The van der Waals surface area contributed by atoms with Crippen molar-refractivity contribution < 1.29 is 48.8 Å². The first-order valence-electron chi connectivity index (χ1n) is 17.3. The van der Waals surface area contributed by atoms with Crippen molar-refractivity contribution in [3.63, 3.8) is 0 Å². The van der Waals surface area contributed by atoms with E-state index in [0.29, 0.717) is 5.56 Å². The first kappa shape index (κ1) is 34.6. The van der Waals surface area contributed by atoms with Gasteiger partial charge in [0.25, 0.3) is 0 Å². The molecule has 0 bridgehead atoms. The van der Waals surface area contributed by atoms with Gasteiger partial charge in [0.2, 0.25) is 0 Å². The van der Waals surface area contributed by atoms with Gasteiger partial charge in [-0.3, -0.25) is 28.8 Å². The lowest BCUT2D eigenvalue weighted by atomic mass is 9.41. The van der Waals surface area contributed by atoms with Crippen molar-refractivity contribution in [3.8, 4) is 16.9 Å². The van der Waals surface area contributed by atoms with Crippen LogP contribution in [0.5, 0.6) is 5.75 Å². The van der Waals surface area contributed by atoms with Crippen LogP contribution in [0.4, 0.5) is 0 Å². The predicted molar refractivity (Wildman–Crippen MR) is 183 cm³/mol. The fraction of sp³-hybridized carbons (Fsp3) is 0.415. The number of benzene rings is 3. The molecule has 10 nitrogen and oxygen atoms in total. The molecule has 7 rings (SSSR count). The minimum absolute atomic E-state index is 0.0528. The summed E-state index contributed by atoms with van der Waals surface area (Å²) in [7, 11) is 0. The topological polar surface area (TPSA) is 172 Å². The molecule has 3 aromatic rings. The summed E-state index contributed by atoms with van der Waals surface area (Å²) in [6.07, 6.45) is -2.09. The molecule has 0 spiro atoms. The van der Waals surface area contributed by atoms with Crippen LogP contribution in [0, 0.1) is 35.0 Å². The molecule has 4 aliphatic carbocycles. The number of carbonyl (C=O) groups excluding carboxylic acids is 6. The Morgan fingerprint density at radius 1 is 0.882 bits per heavy atom. The highest BCUT2D eigenvalue weighted by molar-refractivity contribution is 6.32. The molecule has 0 aromatic heterocycles. The highest BCUT2D eigenvalue weighted by Gasteiger charge is 2.78. The van der Waals surface area contributed by atoms with Crippen LogP contribution in [-0.4, -0.2) is 68.5 Å². The number of hydrogen-bond donors (Lipinski definition) is 3. The van der Waals surface area contributed by atoms with E-state index in [4.69, 9.17) is 4.74 Å². The maximum Gasteiger partial charge on any atom is 0.310 e. The van der Waals surface area contributed by atoms with Crippen LogP contribution in [0.15, 0.2) is 60.7 Å². The summed E-state index contributed by atoms with van der Waals surface area (Å²) < 4.78 is 5.72. The minimum atomic E-state index is -3.03. The second-order valence-electron chi connectivity index (χ2n) is 15.2. The van der Waals surface area contributed by atoms with Gasteiger partial charge in [-0.1, -0.05) is 88.4 Å². The van der Waals surface area contributed by atoms with Crippen molar-refractivity contribution in [1.82, 2.24) is 0 Å². The lowest BCUT2D eigenvalue weighted by Gasteiger charge is -2.61. The van der Waals surface area contributed by atoms with Gasteiger partial charge in [-0.05, 0) is 46.6 Å². The van der Waals surface area contributed by atoms with Crippen molar-refractivity contribution >= 4 is 34.9 Å². The Labute approximate surface area is 294 Å². The summed E-state index contributed by atoms with van der Waals surface area (Å²) in [5.41, 5.74) is -0.737. The molecule has 0 radical (unpaired) electrons. The number of carbonyl (C=O) groups is 6. The number of phenolic OH excluding ortho intramolecular Hbond substituents is 1. The zero-order valence-corrected chi connectivity index (χ0v) is 29.0. The maximum atomic E-state index is 14.5. The molecule has 3 aromatic carbocycles. The number of esters is 1. The fourth-order valence-electron chi connectivity index (χ4n) is 9.95. The third-order valence-corrected chi connectivity index (χ3v) is 12.3. The van der Waals surface area contributed by atoms with Crippen molar-refractivity contribution in [1.29, 1.82) is 0 Å². The molecule has 264 valence electrons. The minimum Gasteiger partial charge on any atom is -0.507 e. The van der Waals surface area contributed by atoms with E-state index in [-0.39, 0.29) is 30.1 Å². The van der Waals surface area contributed by atoms with Crippen LogP contribution >= 0.6 is 0 Å². The fourth-order valence-corrected chi connectivity index (χ4v) is 9.95. The Morgan fingerprint density at radius 2 is 1.47 bits per heavy atom. The van der Waals surface area contributed by atoms with Gasteiger partial charge in [0, 0.05) is 28.7 Å². The Morgan fingerprint density at radius 3 is 2.04 bits per heavy atom. The van der Waals surface area contributed by atoms with E-state index >= 15 is 0 Å². The van der Waals surface area contributed by atoms with Gasteiger partial charge in [0.15, 0.2) is 28.7 Å². The van der Waals surface area contributed by atoms with Gasteiger partial charge in [-0.2, -0.15) is 0 Å². The molecule has 0 aliphatic heterocycles. The number of aliphatic hydroxyl groups is 2. The number of fused-ring (bicyclic) bond motifs is 6. The van der Waals surface area contributed by atoms with Gasteiger partial charge in [0.05, 0.1) is 24.0 Å². The number of ether oxygens (including phenoxy) is 1. The van der Waals surface area contributed by atoms with Crippen LogP contribution in [0.3, 0.4) is 0 Å². The molecular formula is C41H40O10. The average Bonchev–Trinajstić information content (AvgIpc) is 3.40. The molecule has 8 atom stereocenters. The van der Waals surface area contributed by atoms with E-state index in [2.05, 4.69) is 0 Å². The van der Waals surface area contributed by atoms with E-state index in [1.807, 2.05) is 48.5 Å². The maximum absolute atomic E-state index is 14.5. The number of Topliss-reactive ketones (excluding diaryl/α,β-unsaturated/α-hetero) is 5. The number of aliphatic hydroxyl groups excluding tert-OH is 1. The van der Waals surface area contributed by atoms with Crippen molar-refractivity contribution in [3.05, 3.63) is 88.5 Å². The summed E-state index contributed by atoms with van der Waals surface area (Å²) in [6, 6.07) is 18.8. The largest absolute Gasteiger partial charge is 0.507 e. The van der Waals surface area contributed by atoms with Crippen molar-refractivity contribution in [2.45, 2.75) is 64.6 Å². The van der Waals surface area contributed by atoms with Gasteiger partial charge in [0.1, 0.15) is 24.1 Å². The average molecular weight is 693 g/mol. The van der Waals surface area contributed by atoms with Gasteiger partial charge < -0.3 is 20.1 Å². The molecule has 3 unspecified atom stereocenters. The van der Waals surface area contributed by atoms with E-state index in [1.165, 1.54) is 13.0 Å². The summed E-state index contributed by atoms with van der Waals surface area (Å²) in [4.78, 5) is 82.1. The number of ketones is 5. The normalized spacial score (nSPS) is 31.1. The van der Waals surface area contributed by atoms with E-state index in [1.54, 1.807) is 26.8 Å². The lowest BCUT2D eigenvalue weighted by molar-refractivity contribution is -0.225. The van der Waals surface area contributed by atoms with Crippen molar-refractivity contribution in [2.75, 3.05) is 6.61 Å². The zero-order valence-electron chi connectivity index (χ0n) is 29.0. The van der Waals surface area contributed by atoms with E-state index in [0.717, 1.165) is 29.2 Å².